The van der Waals surface area contributed by atoms with E-state index in [0.29, 0.717) is 61.5 Å². The van der Waals surface area contributed by atoms with Gasteiger partial charge >= 0.3 is 12.1 Å². The highest BCUT2D eigenvalue weighted by Crippen LogP contribution is 2.31. The summed E-state index contributed by atoms with van der Waals surface area (Å²) < 4.78 is 10.1. The SMILES string of the molecule is CCOC(=O)c1cccc(NC(=O)c2cccc3c2C(=O)N(C2CCN(C(=O)OCC)CC2)C3)c1. The van der Waals surface area contributed by atoms with E-state index in [-0.39, 0.29) is 24.6 Å². The fourth-order valence-corrected chi connectivity index (χ4v) is 4.58. The first-order chi connectivity index (χ1) is 16.9. The number of benzene rings is 2. The van der Waals surface area contributed by atoms with Crippen molar-refractivity contribution in [3.8, 4) is 0 Å². The monoisotopic (exact) mass is 479 g/mol. The number of rotatable bonds is 6. The number of nitrogens with one attached hydrogen (secondary N) is 1. The Hall–Kier alpha value is -3.88. The van der Waals surface area contributed by atoms with Crippen LogP contribution in [0.3, 0.4) is 0 Å². The molecule has 9 heteroatoms. The van der Waals surface area contributed by atoms with Crippen LogP contribution < -0.4 is 5.32 Å². The molecule has 0 aliphatic carbocycles. The summed E-state index contributed by atoms with van der Waals surface area (Å²) >= 11 is 0. The summed E-state index contributed by atoms with van der Waals surface area (Å²) in [6, 6.07) is 11.7. The third-order valence-corrected chi connectivity index (χ3v) is 6.27. The van der Waals surface area contributed by atoms with Crippen LogP contribution in [0.4, 0.5) is 10.5 Å². The van der Waals surface area contributed by atoms with Gasteiger partial charge in [0.15, 0.2) is 0 Å². The Bertz CT molecular complexity index is 1140. The van der Waals surface area contributed by atoms with Gasteiger partial charge in [-0.2, -0.15) is 0 Å². The van der Waals surface area contributed by atoms with Crippen molar-refractivity contribution in [3.63, 3.8) is 0 Å². The minimum Gasteiger partial charge on any atom is -0.462 e. The molecule has 1 saturated heterocycles. The number of amides is 3. The highest BCUT2D eigenvalue weighted by molar-refractivity contribution is 6.14. The van der Waals surface area contributed by atoms with Crippen LogP contribution in [0, 0.1) is 0 Å². The Morgan fingerprint density at radius 1 is 1.00 bits per heavy atom. The Morgan fingerprint density at radius 2 is 1.71 bits per heavy atom. The second-order valence-electron chi connectivity index (χ2n) is 8.45. The summed E-state index contributed by atoms with van der Waals surface area (Å²) in [5.41, 5.74) is 2.27. The van der Waals surface area contributed by atoms with Crippen LogP contribution in [-0.4, -0.2) is 66.0 Å². The molecule has 0 saturated carbocycles. The number of fused-ring (bicyclic) bond motifs is 1. The van der Waals surface area contributed by atoms with Crippen LogP contribution in [0.2, 0.25) is 0 Å². The molecule has 4 rings (SSSR count). The maximum atomic E-state index is 13.4. The number of ether oxygens (including phenoxy) is 2. The molecule has 1 fully saturated rings. The molecule has 0 aromatic heterocycles. The molecule has 0 unspecified atom stereocenters. The number of piperidine rings is 1. The normalized spacial score (nSPS) is 15.5. The van der Waals surface area contributed by atoms with Crippen LogP contribution in [-0.2, 0) is 16.0 Å². The lowest BCUT2D eigenvalue weighted by Crippen LogP contribution is -2.47. The van der Waals surface area contributed by atoms with Crippen LogP contribution in [0.15, 0.2) is 42.5 Å². The lowest BCUT2D eigenvalue weighted by Gasteiger charge is -2.36. The van der Waals surface area contributed by atoms with Crippen molar-refractivity contribution in [3.05, 3.63) is 64.7 Å². The molecule has 184 valence electrons. The Kier molecular flexibility index (Phi) is 7.33. The lowest BCUT2D eigenvalue weighted by molar-refractivity contribution is 0.0523. The van der Waals surface area contributed by atoms with Crippen molar-refractivity contribution in [2.45, 2.75) is 39.3 Å². The van der Waals surface area contributed by atoms with E-state index in [4.69, 9.17) is 9.47 Å². The number of likely N-dealkylation sites (tertiary alicyclic amines) is 1. The summed E-state index contributed by atoms with van der Waals surface area (Å²) in [6.45, 7) is 5.56. The highest BCUT2D eigenvalue weighted by atomic mass is 16.6. The smallest absolute Gasteiger partial charge is 0.409 e. The summed E-state index contributed by atoms with van der Waals surface area (Å²) in [7, 11) is 0. The molecule has 0 radical (unpaired) electrons. The molecule has 2 heterocycles. The number of carbonyl (C=O) groups is 4. The van der Waals surface area contributed by atoms with Gasteiger partial charge in [-0.1, -0.05) is 18.2 Å². The standard InChI is InChI=1S/C26H29N3O6/c1-3-34-25(32)17-7-5-9-19(15-17)27-23(30)21-10-6-8-18-16-29(24(31)22(18)21)20-11-13-28(14-12-20)26(33)35-4-2/h5-10,15,20H,3-4,11-14,16H2,1-2H3,(H,27,30). The minimum absolute atomic E-state index is 0.0160. The number of anilines is 1. The predicted molar refractivity (Wildman–Crippen MR) is 128 cm³/mol. The summed E-state index contributed by atoms with van der Waals surface area (Å²) in [6.07, 6.45) is 0.981. The van der Waals surface area contributed by atoms with Crippen molar-refractivity contribution >= 4 is 29.6 Å². The van der Waals surface area contributed by atoms with Crippen molar-refractivity contribution in [2.75, 3.05) is 31.6 Å². The fraction of sp³-hybridized carbons (Fsp3) is 0.385. The zero-order valence-corrected chi connectivity index (χ0v) is 19.9. The molecule has 0 atom stereocenters. The molecule has 2 aliphatic rings. The van der Waals surface area contributed by atoms with Gasteiger partial charge in [-0.05, 0) is 56.5 Å². The molecule has 0 spiro atoms. The average Bonchev–Trinajstić information content (AvgIpc) is 3.21. The first-order valence-electron chi connectivity index (χ1n) is 11.9. The van der Waals surface area contributed by atoms with Crippen LogP contribution >= 0.6 is 0 Å². The van der Waals surface area contributed by atoms with Crippen molar-refractivity contribution in [1.82, 2.24) is 9.80 Å². The third-order valence-electron chi connectivity index (χ3n) is 6.27. The van der Waals surface area contributed by atoms with Crippen LogP contribution in [0.1, 0.15) is 63.3 Å². The number of carbonyl (C=O) groups excluding carboxylic acids is 4. The number of nitrogens with zero attached hydrogens (tertiary/aromatic N) is 2. The molecular weight excluding hydrogens is 450 g/mol. The predicted octanol–water partition coefficient (Wildman–Crippen LogP) is 3.69. The van der Waals surface area contributed by atoms with Crippen LogP contribution in [0.25, 0.3) is 0 Å². The summed E-state index contributed by atoms with van der Waals surface area (Å²) in [5, 5.41) is 2.79. The maximum Gasteiger partial charge on any atom is 0.409 e. The van der Waals surface area contributed by atoms with Gasteiger partial charge in [-0.3, -0.25) is 9.59 Å². The molecule has 2 aliphatic heterocycles. The van der Waals surface area contributed by atoms with Gasteiger partial charge in [0.2, 0.25) is 0 Å². The molecule has 2 aromatic rings. The molecule has 3 amide bonds. The molecule has 2 aromatic carbocycles. The van der Waals surface area contributed by atoms with Gasteiger partial charge in [0.05, 0.1) is 29.9 Å². The average molecular weight is 480 g/mol. The van der Waals surface area contributed by atoms with Gasteiger partial charge < -0.3 is 24.6 Å². The van der Waals surface area contributed by atoms with Crippen LogP contribution in [0.5, 0.6) is 0 Å². The summed E-state index contributed by atoms with van der Waals surface area (Å²) in [4.78, 5) is 54.0. The van der Waals surface area contributed by atoms with E-state index in [1.807, 2.05) is 6.07 Å². The fourth-order valence-electron chi connectivity index (χ4n) is 4.58. The van der Waals surface area contributed by atoms with Gasteiger partial charge in [0.1, 0.15) is 0 Å². The van der Waals surface area contributed by atoms with Gasteiger partial charge in [0.25, 0.3) is 11.8 Å². The molecule has 9 nitrogen and oxygen atoms in total. The molecular formula is C26H29N3O6. The lowest BCUT2D eigenvalue weighted by atomic mass is 10.0. The largest absolute Gasteiger partial charge is 0.462 e. The van der Waals surface area contributed by atoms with Gasteiger partial charge in [-0.15, -0.1) is 0 Å². The number of hydrogen-bond donors (Lipinski definition) is 1. The third kappa shape index (κ3) is 5.13. The van der Waals surface area contributed by atoms with Crippen molar-refractivity contribution in [2.24, 2.45) is 0 Å². The molecule has 0 bridgehead atoms. The Balaban J connectivity index is 1.46. The second kappa shape index (κ2) is 10.6. The summed E-state index contributed by atoms with van der Waals surface area (Å²) in [5.74, 6) is -1.07. The topological polar surface area (TPSA) is 105 Å². The molecule has 35 heavy (non-hydrogen) atoms. The highest BCUT2D eigenvalue weighted by Gasteiger charge is 2.37. The zero-order chi connectivity index (χ0) is 24.9. The first-order valence-corrected chi connectivity index (χ1v) is 11.9. The van der Waals surface area contributed by atoms with Crippen molar-refractivity contribution in [1.29, 1.82) is 0 Å². The van der Waals surface area contributed by atoms with E-state index in [9.17, 15) is 19.2 Å². The van der Waals surface area contributed by atoms with E-state index < -0.39 is 11.9 Å². The van der Waals surface area contributed by atoms with Gasteiger partial charge in [0, 0.05) is 31.4 Å². The van der Waals surface area contributed by atoms with E-state index in [0.717, 1.165) is 5.56 Å². The van der Waals surface area contributed by atoms with E-state index in [1.54, 1.807) is 60.0 Å². The zero-order valence-electron chi connectivity index (χ0n) is 19.9. The van der Waals surface area contributed by atoms with E-state index >= 15 is 0 Å². The quantitative estimate of drug-likeness (QED) is 0.634. The second-order valence-corrected chi connectivity index (χ2v) is 8.45. The number of esters is 1. The first kappa shape index (κ1) is 24.3. The number of hydrogen-bond acceptors (Lipinski definition) is 6. The maximum absolute atomic E-state index is 13.4. The van der Waals surface area contributed by atoms with E-state index in [2.05, 4.69) is 5.32 Å². The van der Waals surface area contributed by atoms with Gasteiger partial charge in [-0.25, -0.2) is 9.59 Å². The van der Waals surface area contributed by atoms with Crippen molar-refractivity contribution < 1.29 is 28.7 Å². The molecule has 1 N–H and O–H groups in total. The van der Waals surface area contributed by atoms with E-state index in [1.165, 1.54) is 0 Å². The Morgan fingerprint density at radius 3 is 2.43 bits per heavy atom. The Labute approximate surface area is 204 Å². The minimum atomic E-state index is -0.468.